The van der Waals surface area contributed by atoms with Gasteiger partial charge < -0.3 is 0 Å². The van der Waals surface area contributed by atoms with Gasteiger partial charge in [-0.05, 0) is 18.2 Å². The number of hydrogen-bond acceptors (Lipinski definition) is 1. The fourth-order valence-electron chi connectivity index (χ4n) is 1.15. The van der Waals surface area contributed by atoms with E-state index < -0.39 is 0 Å². The molecule has 11 heavy (non-hydrogen) atoms. The van der Waals surface area contributed by atoms with Crippen molar-refractivity contribution in [3.63, 3.8) is 0 Å². The maximum atomic E-state index is 11.2. The summed E-state index contributed by atoms with van der Waals surface area (Å²) in [4.78, 5) is 12.8. The van der Waals surface area contributed by atoms with Gasteiger partial charge in [0.15, 0.2) is 0 Å². The van der Waals surface area contributed by atoms with Crippen LogP contribution < -0.4 is 0 Å². The van der Waals surface area contributed by atoms with Crippen molar-refractivity contribution in [2.45, 2.75) is 0 Å². The number of fused-ring (bicyclic) bond motifs is 1. The zero-order valence-corrected chi connectivity index (χ0v) is 5.95. The van der Waals surface area contributed by atoms with Gasteiger partial charge in [0.1, 0.15) is 0 Å². The lowest BCUT2D eigenvalue weighted by atomic mass is 10.3. The minimum atomic E-state index is -0.0272. The minimum absolute atomic E-state index is 0.0272. The van der Waals surface area contributed by atoms with Crippen molar-refractivity contribution in [2.24, 2.45) is 0 Å². The molecule has 0 aromatic heterocycles. The number of allylic oxidation sites excluding steroid dienone is 3. The van der Waals surface area contributed by atoms with E-state index in [0.717, 1.165) is 5.70 Å². The van der Waals surface area contributed by atoms with Crippen LogP contribution in [-0.4, -0.2) is 10.8 Å². The molecule has 0 spiro atoms. The fourth-order valence-corrected chi connectivity index (χ4v) is 1.15. The van der Waals surface area contributed by atoms with Crippen molar-refractivity contribution in [1.82, 2.24) is 4.90 Å². The summed E-state index contributed by atoms with van der Waals surface area (Å²) in [5.41, 5.74) is 1.46. The molecule has 1 amide bonds. The summed E-state index contributed by atoms with van der Waals surface area (Å²) in [6.07, 6.45) is 9.13. The molecular formula is C9H7NO. The first kappa shape index (κ1) is 6.16. The Morgan fingerprint density at radius 1 is 1.36 bits per heavy atom. The van der Waals surface area contributed by atoms with E-state index in [0.29, 0.717) is 5.57 Å². The van der Waals surface area contributed by atoms with Gasteiger partial charge in [-0.3, -0.25) is 9.69 Å². The van der Waals surface area contributed by atoms with Gasteiger partial charge >= 0.3 is 0 Å². The molecule has 0 saturated carbocycles. The molecule has 0 aromatic rings. The van der Waals surface area contributed by atoms with Crippen molar-refractivity contribution in [2.75, 3.05) is 0 Å². The molecule has 54 valence electrons. The standard InChI is InChI=1S/C9H7NO/c1-7-6-8-4-2-3-5-10(8)9(7)11/h2-6H,1H2. The molecule has 0 fully saturated rings. The van der Waals surface area contributed by atoms with Crippen molar-refractivity contribution >= 4 is 5.91 Å². The summed E-state index contributed by atoms with van der Waals surface area (Å²) in [7, 11) is 0. The lowest BCUT2D eigenvalue weighted by Crippen LogP contribution is -2.19. The van der Waals surface area contributed by atoms with Crippen LogP contribution in [-0.2, 0) is 4.79 Å². The number of hydrogen-bond donors (Lipinski definition) is 0. The summed E-state index contributed by atoms with van der Waals surface area (Å²) in [5.74, 6) is -0.0272. The predicted molar refractivity (Wildman–Crippen MR) is 42.3 cm³/mol. The summed E-state index contributed by atoms with van der Waals surface area (Å²) >= 11 is 0. The first-order valence-electron chi connectivity index (χ1n) is 3.38. The third kappa shape index (κ3) is 0.759. The Kier molecular flexibility index (Phi) is 1.09. The van der Waals surface area contributed by atoms with Crippen LogP contribution in [0.5, 0.6) is 0 Å². The Bertz CT molecular complexity index is 320. The molecule has 2 nitrogen and oxygen atoms in total. The molecule has 0 aliphatic carbocycles. The highest BCUT2D eigenvalue weighted by molar-refractivity contribution is 6.01. The van der Waals surface area contributed by atoms with Crippen LogP contribution >= 0.6 is 0 Å². The molecule has 0 N–H and O–H groups in total. The number of carbonyl (C=O) groups excluding carboxylic acids is 1. The van der Waals surface area contributed by atoms with Crippen LogP contribution in [0.4, 0.5) is 0 Å². The van der Waals surface area contributed by atoms with E-state index in [1.807, 2.05) is 18.2 Å². The smallest absolute Gasteiger partial charge is 0.261 e. The van der Waals surface area contributed by atoms with E-state index in [9.17, 15) is 4.79 Å². The zero-order chi connectivity index (χ0) is 7.84. The number of amides is 1. The van der Waals surface area contributed by atoms with Gasteiger partial charge in [0.05, 0.1) is 0 Å². The Hall–Kier alpha value is -1.57. The van der Waals surface area contributed by atoms with E-state index in [-0.39, 0.29) is 5.91 Å². The average Bonchev–Trinajstić information content (AvgIpc) is 2.30. The highest BCUT2D eigenvalue weighted by atomic mass is 16.2. The van der Waals surface area contributed by atoms with Crippen LogP contribution in [0.2, 0.25) is 0 Å². The second-order valence-electron chi connectivity index (χ2n) is 2.47. The van der Waals surface area contributed by atoms with E-state index in [1.54, 1.807) is 17.2 Å². The van der Waals surface area contributed by atoms with Crippen molar-refractivity contribution < 1.29 is 4.79 Å². The van der Waals surface area contributed by atoms with Crippen molar-refractivity contribution in [3.8, 4) is 0 Å². The molecule has 2 aliphatic heterocycles. The molecule has 0 unspecified atom stereocenters. The normalized spacial score (nSPS) is 20.7. The molecule has 2 aliphatic rings. The minimum Gasteiger partial charge on any atom is -0.284 e. The van der Waals surface area contributed by atoms with Gasteiger partial charge in [-0.1, -0.05) is 12.7 Å². The molecule has 0 bridgehead atoms. The van der Waals surface area contributed by atoms with Gasteiger partial charge in [-0.25, -0.2) is 0 Å². The summed E-state index contributed by atoms with van der Waals surface area (Å²) < 4.78 is 0. The second kappa shape index (κ2) is 1.95. The maximum Gasteiger partial charge on any atom is 0.261 e. The predicted octanol–water partition coefficient (Wildman–Crippen LogP) is 1.35. The van der Waals surface area contributed by atoms with Crippen LogP contribution in [0.3, 0.4) is 0 Å². The van der Waals surface area contributed by atoms with Crippen LogP contribution in [0, 0.1) is 0 Å². The largest absolute Gasteiger partial charge is 0.284 e. The Labute approximate surface area is 64.8 Å². The van der Waals surface area contributed by atoms with Crippen molar-refractivity contribution in [1.29, 1.82) is 0 Å². The maximum absolute atomic E-state index is 11.2. The highest BCUT2D eigenvalue weighted by Gasteiger charge is 2.23. The van der Waals surface area contributed by atoms with E-state index in [1.165, 1.54) is 0 Å². The monoisotopic (exact) mass is 145 g/mol. The molecule has 2 heteroatoms. The van der Waals surface area contributed by atoms with Gasteiger partial charge in [-0.2, -0.15) is 0 Å². The fraction of sp³-hybridized carbons (Fsp3) is 0. The summed E-state index contributed by atoms with van der Waals surface area (Å²) in [5, 5.41) is 0. The van der Waals surface area contributed by atoms with E-state index in [4.69, 9.17) is 0 Å². The second-order valence-corrected chi connectivity index (χ2v) is 2.47. The Balaban J connectivity index is 2.47. The first-order chi connectivity index (χ1) is 5.29. The van der Waals surface area contributed by atoms with Gasteiger partial charge in [0.25, 0.3) is 5.91 Å². The molecule has 2 rings (SSSR count). The third-order valence-corrected chi connectivity index (χ3v) is 1.71. The number of carbonyl (C=O) groups is 1. The Morgan fingerprint density at radius 3 is 2.91 bits per heavy atom. The number of nitrogens with zero attached hydrogens (tertiary/aromatic N) is 1. The molecule has 0 saturated heterocycles. The summed E-state index contributed by atoms with van der Waals surface area (Å²) in [6, 6.07) is 0. The lowest BCUT2D eigenvalue weighted by molar-refractivity contribution is -0.121. The van der Waals surface area contributed by atoms with Crippen LogP contribution in [0.1, 0.15) is 0 Å². The number of rotatable bonds is 0. The van der Waals surface area contributed by atoms with Gasteiger partial charge in [0, 0.05) is 17.5 Å². The average molecular weight is 145 g/mol. The van der Waals surface area contributed by atoms with Crippen LogP contribution in [0.15, 0.2) is 48.4 Å². The summed E-state index contributed by atoms with van der Waals surface area (Å²) in [6.45, 7) is 3.62. The quantitative estimate of drug-likeness (QED) is 0.471. The third-order valence-electron chi connectivity index (χ3n) is 1.71. The molecule has 2 heterocycles. The molecule has 0 atom stereocenters. The highest BCUT2D eigenvalue weighted by Crippen LogP contribution is 2.23. The van der Waals surface area contributed by atoms with Gasteiger partial charge in [0.2, 0.25) is 0 Å². The van der Waals surface area contributed by atoms with Crippen molar-refractivity contribution in [3.05, 3.63) is 48.4 Å². The topological polar surface area (TPSA) is 20.3 Å². The van der Waals surface area contributed by atoms with Crippen LogP contribution in [0.25, 0.3) is 0 Å². The van der Waals surface area contributed by atoms with E-state index >= 15 is 0 Å². The lowest BCUT2D eigenvalue weighted by Gasteiger charge is -2.14. The molecular weight excluding hydrogens is 138 g/mol. The van der Waals surface area contributed by atoms with E-state index in [2.05, 4.69) is 6.58 Å². The zero-order valence-electron chi connectivity index (χ0n) is 5.95. The molecule has 0 radical (unpaired) electrons. The molecule has 0 aromatic carbocycles. The van der Waals surface area contributed by atoms with Gasteiger partial charge in [-0.15, -0.1) is 0 Å². The SMILES string of the molecule is C=C1C=C2C=CC=CN2C1=O. The Morgan fingerprint density at radius 2 is 2.18 bits per heavy atom. The first-order valence-corrected chi connectivity index (χ1v) is 3.38.